The fourth-order valence-electron chi connectivity index (χ4n) is 0. The first-order valence-electron chi connectivity index (χ1n) is 0. The van der Waals surface area contributed by atoms with Gasteiger partial charge in [-0.3, -0.25) is 0 Å². The van der Waals surface area contributed by atoms with Crippen molar-refractivity contribution in [1.29, 1.82) is 0 Å². The fourth-order valence-corrected chi connectivity index (χ4v) is 0. The Labute approximate surface area is 213 Å². The Kier molecular flexibility index (Phi) is 1790. The maximum absolute atomic E-state index is 0. The minimum Gasteiger partial charge on any atom is -3.00 e. The first-order chi connectivity index (χ1) is 0. The molecule has 0 fully saturated rings. The molecule has 13 heteroatoms. The first kappa shape index (κ1) is 166. The van der Waals surface area contributed by atoms with Crippen LogP contribution in [0, 0.1) is 0 Å². The zero-order chi connectivity index (χ0) is 0. The van der Waals surface area contributed by atoms with E-state index in [9.17, 15) is 0 Å². The molecule has 0 aromatic carbocycles. The third-order valence-corrected chi connectivity index (χ3v) is 0. The molecular formula is N4Ti6W3. The van der Waals surface area contributed by atoms with Gasteiger partial charge in [-0.1, -0.05) is 0 Å². The molecule has 0 N–H and O–H groups in total. The first-order valence-corrected chi connectivity index (χ1v) is 0. The molecule has 0 rings (SSSR count). The van der Waals surface area contributed by atoms with Crippen molar-refractivity contribution in [3.63, 3.8) is 0 Å². The van der Waals surface area contributed by atoms with Crippen molar-refractivity contribution in [2.24, 2.45) is 0 Å². The van der Waals surface area contributed by atoms with E-state index in [1.54, 1.807) is 0 Å². The van der Waals surface area contributed by atoms with Gasteiger partial charge in [-0.2, -0.15) is 0 Å². The molecule has 0 radical (unpaired) electrons. The minimum atomic E-state index is 0. The standard InChI is InChI=1S/4N.6Ti.3W/q4*-3;;;;3*+4;;;. The van der Waals surface area contributed by atoms with E-state index in [1.807, 2.05) is 0 Å². The van der Waals surface area contributed by atoms with Crippen molar-refractivity contribution < 1.29 is 194 Å². The van der Waals surface area contributed by atoms with Gasteiger partial charge in [0.25, 0.3) is 0 Å². The summed E-state index contributed by atoms with van der Waals surface area (Å²) in [6, 6.07) is 0. The summed E-state index contributed by atoms with van der Waals surface area (Å²) in [7, 11) is 0. The van der Waals surface area contributed by atoms with Crippen LogP contribution >= 0.6 is 0 Å². The van der Waals surface area contributed by atoms with Crippen LogP contribution in [0.4, 0.5) is 0 Å². The molecular weight excluding hydrogens is 895 g/mol. The number of hydrogen-bond acceptors (Lipinski definition) is 0. The van der Waals surface area contributed by atoms with Crippen molar-refractivity contribution in [3.8, 4) is 0 Å². The molecule has 0 spiro atoms. The van der Waals surface area contributed by atoms with Crippen molar-refractivity contribution >= 4 is 0 Å². The molecule has 0 unspecified atom stereocenters. The second kappa shape index (κ2) is 140. The fraction of sp³-hybridized carbons (Fsp3) is 0. The van der Waals surface area contributed by atoms with Crippen LogP contribution in [0.3, 0.4) is 0 Å². The normalized spacial score (nSPS) is 0. The Bertz CT molecular complexity index is 19.8. The van der Waals surface area contributed by atoms with E-state index in [1.165, 1.54) is 0 Å². The van der Waals surface area contributed by atoms with E-state index in [-0.39, 0.29) is 218 Å². The summed E-state index contributed by atoms with van der Waals surface area (Å²) >= 11 is 0. The van der Waals surface area contributed by atoms with Gasteiger partial charge in [-0.15, -0.1) is 0 Å². The molecule has 4 nitrogen and oxygen atoms in total. The maximum atomic E-state index is 0. The largest absolute Gasteiger partial charge is 4.00 e. The second-order valence-corrected chi connectivity index (χ2v) is 0. The van der Waals surface area contributed by atoms with Crippen LogP contribution in [0.5, 0.6) is 0 Å². The molecule has 62 valence electrons. The topological polar surface area (TPSA) is 122 Å². The maximum Gasteiger partial charge on any atom is 4.00 e. The molecule has 0 saturated carbocycles. The van der Waals surface area contributed by atoms with Gasteiger partial charge < -0.3 is 24.6 Å². The molecule has 0 aliphatic heterocycles. The molecule has 0 atom stereocenters. The molecule has 0 amide bonds. The third-order valence-electron chi connectivity index (χ3n) is 0. The Hall–Kier alpha value is 6.19. The zero-order valence-corrected chi connectivity index (χ0v) is 24.2. The van der Waals surface area contributed by atoms with Gasteiger partial charge in [0.05, 0.1) is 0 Å². The monoisotopic (exact) mass is 896 g/mol. The molecule has 0 aromatic heterocycles. The van der Waals surface area contributed by atoms with Crippen LogP contribution in [-0.4, -0.2) is 0 Å². The van der Waals surface area contributed by atoms with Crippen LogP contribution in [-0.2, 0) is 194 Å². The van der Waals surface area contributed by atoms with E-state index in [0.29, 0.717) is 0 Å². The zero-order valence-electron chi connectivity index (χ0n) is 6.01. The second-order valence-electron chi connectivity index (χ2n) is 0. The summed E-state index contributed by atoms with van der Waals surface area (Å²) in [4.78, 5) is 0. The quantitative estimate of drug-likeness (QED) is 0.325. The van der Waals surface area contributed by atoms with Crippen LogP contribution in [0.2, 0.25) is 0 Å². The smallest absolute Gasteiger partial charge is 3.00 e. The van der Waals surface area contributed by atoms with Crippen molar-refractivity contribution in [3.05, 3.63) is 24.6 Å². The van der Waals surface area contributed by atoms with Crippen LogP contribution < -0.4 is 0 Å². The van der Waals surface area contributed by atoms with Gasteiger partial charge >= 0.3 is 65.2 Å². The van der Waals surface area contributed by atoms with Gasteiger partial charge in [0.2, 0.25) is 0 Å². The molecule has 0 aliphatic carbocycles. The van der Waals surface area contributed by atoms with Gasteiger partial charge in [0.1, 0.15) is 0 Å². The number of hydrogen-bond donors (Lipinski definition) is 0. The summed E-state index contributed by atoms with van der Waals surface area (Å²) in [5.74, 6) is 0. The van der Waals surface area contributed by atoms with E-state index in [4.69, 9.17) is 0 Å². The average Bonchev–Trinajstić information content (AvgIpc) is 0. The number of rotatable bonds is 0. The van der Waals surface area contributed by atoms with Crippen molar-refractivity contribution in [2.75, 3.05) is 0 Å². The van der Waals surface area contributed by atoms with E-state index in [0.717, 1.165) is 0 Å². The number of nitrogens with zero attached hydrogens (tertiary/aromatic N) is 4. The molecule has 0 heterocycles. The molecule has 0 aliphatic rings. The average molecular weight is 895 g/mol. The predicted molar refractivity (Wildman–Crippen MR) is 13.4 cm³/mol. The predicted octanol–water partition coefficient (Wildman–Crippen LogP) is 1.13. The van der Waals surface area contributed by atoms with Gasteiger partial charge in [0, 0.05) is 128 Å². The molecule has 0 aromatic rings. The van der Waals surface area contributed by atoms with Crippen molar-refractivity contribution in [2.45, 2.75) is 0 Å². The third kappa shape index (κ3) is 124. The Balaban J connectivity index is 0. The van der Waals surface area contributed by atoms with E-state index in [2.05, 4.69) is 0 Å². The van der Waals surface area contributed by atoms with Gasteiger partial charge in [-0.05, 0) is 0 Å². The van der Waals surface area contributed by atoms with E-state index >= 15 is 0 Å². The van der Waals surface area contributed by atoms with Crippen LogP contribution in [0.15, 0.2) is 0 Å². The Morgan fingerprint density at radius 2 is 0.308 bits per heavy atom. The van der Waals surface area contributed by atoms with Gasteiger partial charge in [-0.25, -0.2) is 0 Å². The van der Waals surface area contributed by atoms with Gasteiger partial charge in [0.15, 0.2) is 0 Å². The Morgan fingerprint density at radius 1 is 0.308 bits per heavy atom. The van der Waals surface area contributed by atoms with Crippen LogP contribution in [0.1, 0.15) is 0 Å². The summed E-state index contributed by atoms with van der Waals surface area (Å²) in [5, 5.41) is 0. The van der Waals surface area contributed by atoms with Crippen molar-refractivity contribution in [1.82, 2.24) is 0 Å². The molecule has 13 heavy (non-hydrogen) atoms. The molecule has 0 bridgehead atoms. The summed E-state index contributed by atoms with van der Waals surface area (Å²) in [6.45, 7) is 0. The summed E-state index contributed by atoms with van der Waals surface area (Å²) < 4.78 is 0. The summed E-state index contributed by atoms with van der Waals surface area (Å²) in [6.07, 6.45) is 0. The minimum absolute atomic E-state index is 0. The van der Waals surface area contributed by atoms with Crippen LogP contribution in [0.25, 0.3) is 24.6 Å². The molecule has 0 saturated heterocycles. The summed E-state index contributed by atoms with van der Waals surface area (Å²) in [5.41, 5.74) is 0. The SMILES string of the molecule is [N-3].[N-3].[N-3].[N-3].[Ti+4].[Ti+4].[Ti+4].[Ti].[Ti].[Ti].[W].[W].[W]. The van der Waals surface area contributed by atoms with E-state index < -0.39 is 0 Å². The Morgan fingerprint density at radius 3 is 0.308 bits per heavy atom.